The molecule has 0 aliphatic heterocycles. The maximum atomic E-state index is 11.7. The second-order valence-corrected chi connectivity index (χ2v) is 6.10. The first-order chi connectivity index (χ1) is 10.1. The lowest BCUT2D eigenvalue weighted by Crippen LogP contribution is -2.11. The van der Waals surface area contributed by atoms with Crippen LogP contribution >= 0.6 is 11.3 Å². The number of oxazole rings is 1. The molecule has 110 valence electrons. The fourth-order valence-electron chi connectivity index (χ4n) is 2.45. The van der Waals surface area contributed by atoms with Gasteiger partial charge in [0.1, 0.15) is 6.10 Å². The van der Waals surface area contributed by atoms with E-state index in [1.54, 1.807) is 22.0 Å². The third kappa shape index (κ3) is 2.43. The smallest absolute Gasteiger partial charge is 0.408 e. The van der Waals surface area contributed by atoms with Gasteiger partial charge in [-0.25, -0.2) is 4.79 Å². The SMILES string of the molecule is CCc1ccc(C(O)c2ccc3c(c2)oc(=O)n3CC)s1. The van der Waals surface area contributed by atoms with Gasteiger partial charge in [0.2, 0.25) is 0 Å². The number of aryl methyl sites for hydroxylation is 2. The molecule has 21 heavy (non-hydrogen) atoms. The Hall–Kier alpha value is -1.85. The average molecular weight is 303 g/mol. The van der Waals surface area contributed by atoms with E-state index < -0.39 is 6.10 Å². The molecule has 0 amide bonds. The first kappa shape index (κ1) is 14.1. The quantitative estimate of drug-likeness (QED) is 0.804. The van der Waals surface area contributed by atoms with Crippen LogP contribution in [0.5, 0.6) is 0 Å². The van der Waals surface area contributed by atoms with Gasteiger partial charge in [0.15, 0.2) is 5.58 Å². The number of fused-ring (bicyclic) bond motifs is 1. The van der Waals surface area contributed by atoms with Gasteiger partial charge in [0, 0.05) is 16.3 Å². The van der Waals surface area contributed by atoms with Crippen molar-refractivity contribution >= 4 is 22.4 Å². The summed E-state index contributed by atoms with van der Waals surface area (Å²) in [6.07, 6.45) is 0.278. The number of thiophene rings is 1. The normalized spacial score (nSPS) is 12.9. The zero-order chi connectivity index (χ0) is 15.0. The minimum atomic E-state index is -0.685. The zero-order valence-electron chi connectivity index (χ0n) is 12.0. The summed E-state index contributed by atoms with van der Waals surface area (Å²) in [5, 5.41) is 10.5. The molecule has 2 heterocycles. The summed E-state index contributed by atoms with van der Waals surface area (Å²) >= 11 is 1.61. The molecule has 0 saturated carbocycles. The van der Waals surface area contributed by atoms with Crippen molar-refractivity contribution in [1.82, 2.24) is 4.57 Å². The Balaban J connectivity index is 2.02. The third-order valence-electron chi connectivity index (χ3n) is 3.62. The predicted molar refractivity (Wildman–Crippen MR) is 83.9 cm³/mol. The maximum absolute atomic E-state index is 11.7. The van der Waals surface area contributed by atoms with Gasteiger partial charge in [0.25, 0.3) is 0 Å². The fourth-order valence-corrected chi connectivity index (χ4v) is 3.42. The molecule has 4 nitrogen and oxygen atoms in total. The van der Waals surface area contributed by atoms with Crippen LogP contribution in [-0.2, 0) is 13.0 Å². The molecule has 0 aliphatic carbocycles. The second-order valence-electron chi connectivity index (χ2n) is 4.90. The van der Waals surface area contributed by atoms with Crippen molar-refractivity contribution in [2.24, 2.45) is 0 Å². The van der Waals surface area contributed by atoms with Crippen LogP contribution in [0.15, 0.2) is 39.5 Å². The van der Waals surface area contributed by atoms with Crippen molar-refractivity contribution < 1.29 is 9.52 Å². The van der Waals surface area contributed by atoms with Crippen LogP contribution in [0.2, 0.25) is 0 Å². The first-order valence-corrected chi connectivity index (χ1v) is 7.85. The Bertz CT molecular complexity index is 828. The minimum absolute atomic E-state index is 0.358. The third-order valence-corrected chi connectivity index (χ3v) is 4.91. The highest BCUT2D eigenvalue weighted by Crippen LogP contribution is 2.30. The Labute approximate surface area is 126 Å². The number of benzene rings is 1. The van der Waals surface area contributed by atoms with Crippen molar-refractivity contribution in [2.75, 3.05) is 0 Å². The highest BCUT2D eigenvalue weighted by atomic mass is 32.1. The van der Waals surface area contributed by atoms with E-state index in [4.69, 9.17) is 4.42 Å². The summed E-state index contributed by atoms with van der Waals surface area (Å²) in [6.45, 7) is 4.56. The summed E-state index contributed by atoms with van der Waals surface area (Å²) in [7, 11) is 0. The molecular formula is C16H17NO3S. The minimum Gasteiger partial charge on any atom is -0.408 e. The molecule has 1 atom stereocenters. The molecule has 0 bridgehead atoms. The summed E-state index contributed by atoms with van der Waals surface area (Å²) in [5.41, 5.74) is 2.02. The first-order valence-electron chi connectivity index (χ1n) is 7.04. The van der Waals surface area contributed by atoms with Gasteiger partial charge in [-0.05, 0) is 43.2 Å². The topological polar surface area (TPSA) is 55.4 Å². The molecule has 0 radical (unpaired) electrons. The van der Waals surface area contributed by atoms with Gasteiger partial charge in [-0.1, -0.05) is 13.0 Å². The number of nitrogens with zero attached hydrogens (tertiary/aromatic N) is 1. The summed E-state index contributed by atoms with van der Waals surface area (Å²) in [4.78, 5) is 13.8. The average Bonchev–Trinajstić information content (AvgIpc) is 3.08. The number of hydrogen-bond donors (Lipinski definition) is 1. The van der Waals surface area contributed by atoms with Crippen molar-refractivity contribution in [1.29, 1.82) is 0 Å². The van der Waals surface area contributed by atoms with Crippen molar-refractivity contribution in [3.05, 3.63) is 56.2 Å². The van der Waals surface area contributed by atoms with E-state index in [9.17, 15) is 9.90 Å². The summed E-state index contributed by atoms with van der Waals surface area (Å²) in [5.74, 6) is -0.358. The lowest BCUT2D eigenvalue weighted by molar-refractivity contribution is 0.224. The van der Waals surface area contributed by atoms with Crippen molar-refractivity contribution in [2.45, 2.75) is 32.9 Å². The van der Waals surface area contributed by atoms with Crippen LogP contribution in [-0.4, -0.2) is 9.67 Å². The molecule has 3 aromatic rings. The monoisotopic (exact) mass is 303 g/mol. The number of hydrogen-bond acceptors (Lipinski definition) is 4. The van der Waals surface area contributed by atoms with Gasteiger partial charge in [-0.3, -0.25) is 4.57 Å². The van der Waals surface area contributed by atoms with Gasteiger partial charge >= 0.3 is 5.76 Å². The number of aliphatic hydroxyl groups excluding tert-OH is 1. The van der Waals surface area contributed by atoms with Gasteiger partial charge < -0.3 is 9.52 Å². The molecule has 0 saturated heterocycles. The molecule has 1 aromatic carbocycles. The molecular weight excluding hydrogens is 286 g/mol. The molecule has 2 aromatic heterocycles. The largest absolute Gasteiger partial charge is 0.419 e. The molecule has 1 unspecified atom stereocenters. The fraction of sp³-hybridized carbons (Fsp3) is 0.312. The molecule has 0 fully saturated rings. The maximum Gasteiger partial charge on any atom is 0.419 e. The Kier molecular flexibility index (Phi) is 3.69. The number of aromatic nitrogens is 1. The lowest BCUT2D eigenvalue weighted by Gasteiger charge is -2.08. The predicted octanol–water partition coefficient (Wildman–Crippen LogP) is 3.32. The second kappa shape index (κ2) is 5.50. The van der Waals surface area contributed by atoms with Crippen LogP contribution in [0.4, 0.5) is 0 Å². The van der Waals surface area contributed by atoms with E-state index in [0.29, 0.717) is 12.1 Å². The van der Waals surface area contributed by atoms with Gasteiger partial charge in [-0.2, -0.15) is 0 Å². The Morgan fingerprint density at radius 2 is 2.10 bits per heavy atom. The molecule has 5 heteroatoms. The molecule has 0 spiro atoms. The zero-order valence-corrected chi connectivity index (χ0v) is 12.8. The van der Waals surface area contributed by atoms with Crippen LogP contribution in [0, 0.1) is 0 Å². The number of rotatable bonds is 4. The van der Waals surface area contributed by atoms with E-state index in [0.717, 1.165) is 22.4 Å². The Morgan fingerprint density at radius 1 is 1.29 bits per heavy atom. The van der Waals surface area contributed by atoms with Crippen LogP contribution in [0.3, 0.4) is 0 Å². The highest BCUT2D eigenvalue weighted by Gasteiger charge is 2.15. The van der Waals surface area contributed by atoms with Crippen LogP contribution in [0.1, 0.15) is 35.3 Å². The van der Waals surface area contributed by atoms with Crippen molar-refractivity contribution in [3.8, 4) is 0 Å². The van der Waals surface area contributed by atoms with E-state index >= 15 is 0 Å². The van der Waals surface area contributed by atoms with E-state index in [1.165, 1.54) is 4.88 Å². The summed E-state index contributed by atoms with van der Waals surface area (Å²) < 4.78 is 6.82. The Morgan fingerprint density at radius 3 is 2.76 bits per heavy atom. The molecule has 3 rings (SSSR count). The summed E-state index contributed by atoms with van der Waals surface area (Å²) in [6, 6.07) is 9.41. The van der Waals surface area contributed by atoms with Gasteiger partial charge in [-0.15, -0.1) is 11.3 Å². The van der Waals surface area contributed by atoms with Crippen LogP contribution in [0.25, 0.3) is 11.1 Å². The highest BCUT2D eigenvalue weighted by molar-refractivity contribution is 7.12. The van der Waals surface area contributed by atoms with Crippen LogP contribution < -0.4 is 5.76 Å². The molecule has 0 aliphatic rings. The standard InChI is InChI=1S/C16H17NO3S/c1-3-11-6-8-14(21-11)15(18)10-5-7-12-13(9-10)20-16(19)17(12)4-2/h5-9,15,18H,3-4H2,1-2H3. The van der Waals surface area contributed by atoms with Crippen molar-refractivity contribution in [3.63, 3.8) is 0 Å². The molecule has 1 N–H and O–H groups in total. The number of aliphatic hydroxyl groups is 1. The van der Waals surface area contributed by atoms with E-state index in [1.807, 2.05) is 31.2 Å². The van der Waals surface area contributed by atoms with Gasteiger partial charge in [0.05, 0.1) is 5.52 Å². The lowest BCUT2D eigenvalue weighted by atomic mass is 10.1. The van der Waals surface area contributed by atoms with E-state index in [-0.39, 0.29) is 5.76 Å². The van der Waals surface area contributed by atoms with E-state index in [2.05, 4.69) is 6.92 Å².